The third kappa shape index (κ3) is 3.23. The summed E-state index contributed by atoms with van der Waals surface area (Å²) in [7, 11) is 4.14. The van der Waals surface area contributed by atoms with Gasteiger partial charge in [-0.25, -0.2) is 4.98 Å². The molecule has 1 aromatic heterocycles. The van der Waals surface area contributed by atoms with Crippen LogP contribution in [0.4, 0.5) is 0 Å². The number of aromatic nitrogens is 2. The zero-order valence-corrected chi connectivity index (χ0v) is 13.9. The molecule has 0 saturated carbocycles. The Balaban J connectivity index is 2.09. The van der Waals surface area contributed by atoms with Gasteiger partial charge in [-0.15, -0.1) is 0 Å². The molecule has 2 aromatic rings. The van der Waals surface area contributed by atoms with Crippen molar-refractivity contribution >= 4 is 16.9 Å². The summed E-state index contributed by atoms with van der Waals surface area (Å²) < 4.78 is 2.28. The van der Waals surface area contributed by atoms with E-state index in [4.69, 9.17) is 10.7 Å². The summed E-state index contributed by atoms with van der Waals surface area (Å²) in [5, 5.41) is 3.40. The second-order valence-electron chi connectivity index (χ2n) is 6.49. The fourth-order valence-corrected chi connectivity index (χ4v) is 3.29. The Hall–Kier alpha value is -1.92. The maximum absolute atomic E-state index is 11.7. The van der Waals surface area contributed by atoms with Gasteiger partial charge in [0.2, 0.25) is 0 Å². The van der Waals surface area contributed by atoms with Crippen LogP contribution >= 0.6 is 0 Å². The van der Waals surface area contributed by atoms with Crippen LogP contribution in [0.5, 0.6) is 0 Å². The summed E-state index contributed by atoms with van der Waals surface area (Å²) in [5.41, 5.74) is 7.80. The molecular weight excluding hydrogens is 290 g/mol. The minimum Gasteiger partial charge on any atom is -0.366 e. The van der Waals surface area contributed by atoms with E-state index in [1.165, 1.54) is 0 Å². The standard InChI is InChI=1S/C17H25N5O/c1-21(2)10-11-22-14-5-3-4-13(16(18)23)15(14)20-17(22)12-6-8-19-9-7-12/h3-5,12,19H,6-11H2,1-2H3,(H2,18,23). The number of likely N-dealkylation sites (N-methyl/N-ethyl adjacent to an activating group) is 1. The molecule has 0 radical (unpaired) electrons. The van der Waals surface area contributed by atoms with E-state index >= 15 is 0 Å². The van der Waals surface area contributed by atoms with Crippen LogP contribution in [-0.2, 0) is 6.54 Å². The average molecular weight is 315 g/mol. The van der Waals surface area contributed by atoms with Crippen molar-refractivity contribution in [1.29, 1.82) is 0 Å². The van der Waals surface area contributed by atoms with Crippen molar-refractivity contribution in [3.63, 3.8) is 0 Å². The van der Waals surface area contributed by atoms with E-state index in [1.807, 2.05) is 12.1 Å². The summed E-state index contributed by atoms with van der Waals surface area (Å²) in [4.78, 5) is 18.7. The predicted molar refractivity (Wildman–Crippen MR) is 91.6 cm³/mol. The number of fused-ring (bicyclic) bond motifs is 1. The number of carbonyl (C=O) groups excluding carboxylic acids is 1. The minimum absolute atomic E-state index is 0.412. The number of rotatable bonds is 5. The first-order valence-electron chi connectivity index (χ1n) is 8.22. The summed E-state index contributed by atoms with van der Waals surface area (Å²) in [6, 6.07) is 5.69. The van der Waals surface area contributed by atoms with E-state index in [0.717, 1.165) is 55.9 Å². The summed E-state index contributed by atoms with van der Waals surface area (Å²) >= 11 is 0. The molecule has 1 amide bonds. The molecule has 1 aromatic carbocycles. The number of para-hydroxylation sites is 1. The van der Waals surface area contributed by atoms with Gasteiger partial charge >= 0.3 is 0 Å². The Morgan fingerprint density at radius 2 is 2.13 bits per heavy atom. The number of carbonyl (C=O) groups is 1. The zero-order valence-electron chi connectivity index (χ0n) is 13.9. The van der Waals surface area contributed by atoms with Crippen LogP contribution in [0.2, 0.25) is 0 Å². The first-order chi connectivity index (χ1) is 11.1. The topological polar surface area (TPSA) is 76.2 Å². The summed E-state index contributed by atoms with van der Waals surface area (Å²) in [5.74, 6) is 1.12. The molecule has 1 aliphatic heterocycles. The maximum atomic E-state index is 11.7. The fraction of sp³-hybridized carbons (Fsp3) is 0.529. The predicted octanol–water partition coefficient (Wildman–Crippen LogP) is 1.16. The molecule has 6 heteroatoms. The van der Waals surface area contributed by atoms with Gasteiger partial charge in [-0.1, -0.05) is 6.07 Å². The van der Waals surface area contributed by atoms with Crippen molar-refractivity contribution in [2.24, 2.45) is 5.73 Å². The van der Waals surface area contributed by atoms with Crippen molar-refractivity contribution in [3.8, 4) is 0 Å². The highest BCUT2D eigenvalue weighted by Crippen LogP contribution is 2.29. The highest BCUT2D eigenvalue weighted by molar-refractivity contribution is 6.04. The van der Waals surface area contributed by atoms with Gasteiger partial charge in [0.05, 0.1) is 11.1 Å². The maximum Gasteiger partial charge on any atom is 0.250 e. The largest absolute Gasteiger partial charge is 0.366 e. The van der Waals surface area contributed by atoms with Gasteiger partial charge < -0.3 is 20.5 Å². The minimum atomic E-state index is -0.412. The first kappa shape index (κ1) is 16.0. The number of nitrogens with one attached hydrogen (secondary N) is 1. The number of benzene rings is 1. The normalized spacial score (nSPS) is 16.3. The molecule has 23 heavy (non-hydrogen) atoms. The third-order valence-electron chi connectivity index (χ3n) is 4.55. The van der Waals surface area contributed by atoms with Gasteiger partial charge in [-0.2, -0.15) is 0 Å². The zero-order chi connectivity index (χ0) is 16.4. The Morgan fingerprint density at radius 3 is 2.78 bits per heavy atom. The van der Waals surface area contributed by atoms with Crippen LogP contribution < -0.4 is 11.1 Å². The number of amides is 1. The second kappa shape index (κ2) is 6.68. The molecule has 2 heterocycles. The molecule has 0 aliphatic carbocycles. The SMILES string of the molecule is CN(C)CCn1c(C2CCNCC2)nc2c(C(N)=O)cccc21. The van der Waals surface area contributed by atoms with Crippen LogP contribution in [0, 0.1) is 0 Å². The fourth-order valence-electron chi connectivity index (χ4n) is 3.29. The summed E-state index contributed by atoms with van der Waals surface area (Å²) in [6.45, 7) is 3.84. The molecular formula is C17H25N5O. The Labute approximate surface area is 136 Å². The van der Waals surface area contributed by atoms with Crippen molar-refractivity contribution in [2.75, 3.05) is 33.7 Å². The quantitative estimate of drug-likeness (QED) is 0.868. The van der Waals surface area contributed by atoms with Gasteiger partial charge in [0.25, 0.3) is 5.91 Å². The molecule has 3 N–H and O–H groups in total. The number of hydrogen-bond acceptors (Lipinski definition) is 4. The number of piperidine rings is 1. The van der Waals surface area contributed by atoms with Gasteiger partial charge in [0, 0.05) is 19.0 Å². The van der Waals surface area contributed by atoms with Crippen LogP contribution in [0.3, 0.4) is 0 Å². The van der Waals surface area contributed by atoms with Crippen LogP contribution in [-0.4, -0.2) is 54.1 Å². The molecule has 1 fully saturated rings. The molecule has 0 unspecified atom stereocenters. The second-order valence-corrected chi connectivity index (χ2v) is 6.49. The molecule has 0 atom stereocenters. The molecule has 124 valence electrons. The van der Waals surface area contributed by atoms with Crippen molar-refractivity contribution in [1.82, 2.24) is 19.8 Å². The smallest absolute Gasteiger partial charge is 0.250 e. The molecule has 6 nitrogen and oxygen atoms in total. The van der Waals surface area contributed by atoms with E-state index < -0.39 is 5.91 Å². The number of nitrogens with zero attached hydrogens (tertiary/aromatic N) is 3. The number of primary amides is 1. The Kier molecular flexibility index (Phi) is 4.63. The molecule has 3 rings (SSSR count). The van der Waals surface area contributed by atoms with E-state index in [9.17, 15) is 4.79 Å². The lowest BCUT2D eigenvalue weighted by Gasteiger charge is -2.23. The highest BCUT2D eigenvalue weighted by Gasteiger charge is 2.23. The highest BCUT2D eigenvalue weighted by atomic mass is 16.1. The van der Waals surface area contributed by atoms with E-state index in [2.05, 4.69) is 28.9 Å². The molecule has 1 aliphatic rings. The van der Waals surface area contributed by atoms with Crippen molar-refractivity contribution < 1.29 is 4.79 Å². The van der Waals surface area contributed by atoms with Gasteiger partial charge in [-0.05, 0) is 52.2 Å². The Bertz CT molecular complexity index is 700. The average Bonchev–Trinajstić information content (AvgIpc) is 2.92. The first-order valence-corrected chi connectivity index (χ1v) is 8.22. The lowest BCUT2D eigenvalue weighted by atomic mass is 9.97. The van der Waals surface area contributed by atoms with Gasteiger partial charge in [-0.3, -0.25) is 4.79 Å². The van der Waals surface area contributed by atoms with E-state index in [0.29, 0.717) is 11.5 Å². The monoisotopic (exact) mass is 315 g/mol. The van der Waals surface area contributed by atoms with Crippen LogP contribution in [0.25, 0.3) is 11.0 Å². The van der Waals surface area contributed by atoms with Crippen LogP contribution in [0.1, 0.15) is 34.9 Å². The van der Waals surface area contributed by atoms with Crippen LogP contribution in [0.15, 0.2) is 18.2 Å². The van der Waals surface area contributed by atoms with Crippen molar-refractivity contribution in [2.45, 2.75) is 25.3 Å². The lowest BCUT2D eigenvalue weighted by molar-refractivity contribution is 0.100. The van der Waals surface area contributed by atoms with Gasteiger partial charge in [0.15, 0.2) is 0 Å². The van der Waals surface area contributed by atoms with E-state index in [1.54, 1.807) is 6.07 Å². The Morgan fingerprint density at radius 1 is 1.39 bits per heavy atom. The summed E-state index contributed by atoms with van der Waals surface area (Å²) in [6.07, 6.45) is 2.16. The number of imidazole rings is 1. The van der Waals surface area contributed by atoms with Gasteiger partial charge in [0.1, 0.15) is 11.3 Å². The molecule has 0 spiro atoms. The van der Waals surface area contributed by atoms with E-state index in [-0.39, 0.29) is 0 Å². The number of nitrogens with two attached hydrogens (primary N) is 1. The molecule has 1 saturated heterocycles. The van der Waals surface area contributed by atoms with Crippen molar-refractivity contribution in [3.05, 3.63) is 29.6 Å². The molecule has 0 bridgehead atoms. The third-order valence-corrected chi connectivity index (χ3v) is 4.55. The lowest BCUT2D eigenvalue weighted by Crippen LogP contribution is -2.29. The number of hydrogen-bond donors (Lipinski definition) is 2.